The highest BCUT2D eigenvalue weighted by molar-refractivity contribution is 9.10. The van der Waals surface area contributed by atoms with Gasteiger partial charge in [-0.2, -0.15) is 0 Å². The van der Waals surface area contributed by atoms with Crippen LogP contribution in [0.1, 0.15) is 21.5 Å². The molecule has 1 heterocycles. The summed E-state index contributed by atoms with van der Waals surface area (Å²) >= 11 is 3.33. The molecule has 2 aromatic rings. The number of aryl methyl sites for hydroxylation is 2. The van der Waals surface area contributed by atoms with Crippen molar-refractivity contribution in [1.82, 2.24) is 4.98 Å². The lowest BCUT2D eigenvalue weighted by Gasteiger charge is -2.07. The van der Waals surface area contributed by atoms with Crippen LogP contribution in [0.2, 0.25) is 0 Å². The molecular formula is C14H12BrFN2O. The Hall–Kier alpha value is -1.75. The molecule has 0 spiro atoms. The van der Waals surface area contributed by atoms with Gasteiger partial charge < -0.3 is 5.32 Å². The minimum atomic E-state index is -0.396. The SMILES string of the molecule is Cc1ccc(C(=O)Nc2cc(C)c(Br)cn2)cc1F. The summed E-state index contributed by atoms with van der Waals surface area (Å²) in [5, 5.41) is 2.64. The second-order valence-electron chi connectivity index (χ2n) is 4.24. The van der Waals surface area contributed by atoms with E-state index in [1.165, 1.54) is 6.07 Å². The van der Waals surface area contributed by atoms with Gasteiger partial charge in [-0.25, -0.2) is 9.37 Å². The Morgan fingerprint density at radius 2 is 2.00 bits per heavy atom. The predicted octanol–water partition coefficient (Wildman–Crippen LogP) is 3.85. The van der Waals surface area contributed by atoms with Gasteiger partial charge in [-0.15, -0.1) is 0 Å². The lowest BCUT2D eigenvalue weighted by atomic mass is 10.1. The second kappa shape index (κ2) is 5.48. The first kappa shape index (κ1) is 13.7. The van der Waals surface area contributed by atoms with E-state index in [-0.39, 0.29) is 11.5 Å². The van der Waals surface area contributed by atoms with E-state index in [2.05, 4.69) is 26.2 Å². The van der Waals surface area contributed by atoms with E-state index in [1.807, 2.05) is 6.92 Å². The summed E-state index contributed by atoms with van der Waals surface area (Å²) in [5.41, 5.74) is 1.74. The maximum absolute atomic E-state index is 13.4. The van der Waals surface area contributed by atoms with Crippen LogP contribution in [0, 0.1) is 19.7 Å². The van der Waals surface area contributed by atoms with Crippen LogP contribution in [0.5, 0.6) is 0 Å². The van der Waals surface area contributed by atoms with E-state index in [0.717, 1.165) is 10.0 Å². The maximum Gasteiger partial charge on any atom is 0.256 e. The Kier molecular flexibility index (Phi) is 3.95. The normalized spacial score (nSPS) is 10.3. The average molecular weight is 323 g/mol. The van der Waals surface area contributed by atoms with Gasteiger partial charge >= 0.3 is 0 Å². The van der Waals surface area contributed by atoms with Gasteiger partial charge in [0.15, 0.2) is 0 Å². The molecule has 0 unspecified atom stereocenters. The number of anilines is 1. The largest absolute Gasteiger partial charge is 0.307 e. The van der Waals surface area contributed by atoms with E-state index in [9.17, 15) is 9.18 Å². The molecule has 1 N–H and O–H groups in total. The molecule has 0 saturated carbocycles. The number of amides is 1. The molecule has 0 fully saturated rings. The Bertz CT molecular complexity index is 643. The molecule has 19 heavy (non-hydrogen) atoms. The zero-order valence-corrected chi connectivity index (χ0v) is 12.1. The van der Waals surface area contributed by atoms with Gasteiger partial charge in [-0.05, 0) is 59.1 Å². The lowest BCUT2D eigenvalue weighted by molar-refractivity contribution is 0.102. The van der Waals surface area contributed by atoms with Gasteiger partial charge in [0.25, 0.3) is 5.91 Å². The van der Waals surface area contributed by atoms with Crippen molar-refractivity contribution in [2.75, 3.05) is 5.32 Å². The fourth-order valence-corrected chi connectivity index (χ4v) is 1.75. The number of nitrogens with one attached hydrogen (secondary N) is 1. The van der Waals surface area contributed by atoms with Crippen molar-refractivity contribution in [3.8, 4) is 0 Å². The van der Waals surface area contributed by atoms with Crippen molar-refractivity contribution in [1.29, 1.82) is 0 Å². The quantitative estimate of drug-likeness (QED) is 0.912. The highest BCUT2D eigenvalue weighted by atomic mass is 79.9. The molecule has 0 aliphatic rings. The number of carbonyl (C=O) groups excluding carboxylic acids is 1. The molecular weight excluding hydrogens is 311 g/mol. The fourth-order valence-electron chi connectivity index (χ4n) is 1.53. The van der Waals surface area contributed by atoms with Crippen molar-refractivity contribution in [2.24, 2.45) is 0 Å². The number of aromatic nitrogens is 1. The number of hydrogen-bond acceptors (Lipinski definition) is 2. The molecule has 1 aromatic heterocycles. The maximum atomic E-state index is 13.4. The second-order valence-corrected chi connectivity index (χ2v) is 5.09. The Balaban J connectivity index is 2.20. The summed E-state index contributed by atoms with van der Waals surface area (Å²) in [4.78, 5) is 16.0. The number of pyridine rings is 1. The Morgan fingerprint density at radius 1 is 1.26 bits per heavy atom. The van der Waals surface area contributed by atoms with Crippen LogP contribution in [0.15, 0.2) is 34.9 Å². The molecule has 5 heteroatoms. The molecule has 0 bridgehead atoms. The summed E-state index contributed by atoms with van der Waals surface area (Å²) in [6.45, 7) is 3.55. The predicted molar refractivity (Wildman–Crippen MR) is 75.8 cm³/mol. The zero-order chi connectivity index (χ0) is 14.0. The third-order valence-electron chi connectivity index (χ3n) is 2.72. The van der Waals surface area contributed by atoms with E-state index in [0.29, 0.717) is 11.4 Å². The van der Waals surface area contributed by atoms with Crippen LogP contribution in [-0.4, -0.2) is 10.9 Å². The van der Waals surface area contributed by atoms with Gasteiger partial charge in [0.1, 0.15) is 11.6 Å². The molecule has 0 saturated heterocycles. The number of hydrogen-bond donors (Lipinski definition) is 1. The zero-order valence-electron chi connectivity index (χ0n) is 10.5. The first-order chi connectivity index (χ1) is 8.97. The van der Waals surface area contributed by atoms with Crippen LogP contribution in [-0.2, 0) is 0 Å². The number of nitrogens with zero attached hydrogens (tertiary/aromatic N) is 1. The van der Waals surface area contributed by atoms with Gasteiger partial charge in [0.2, 0.25) is 0 Å². The lowest BCUT2D eigenvalue weighted by Crippen LogP contribution is -2.13. The van der Waals surface area contributed by atoms with Gasteiger partial charge in [0, 0.05) is 16.2 Å². The van der Waals surface area contributed by atoms with Crippen molar-refractivity contribution in [3.05, 3.63) is 57.4 Å². The molecule has 0 aliphatic carbocycles. The minimum Gasteiger partial charge on any atom is -0.307 e. The fraction of sp³-hybridized carbons (Fsp3) is 0.143. The van der Waals surface area contributed by atoms with Gasteiger partial charge in [-0.3, -0.25) is 4.79 Å². The van der Waals surface area contributed by atoms with Gasteiger partial charge in [-0.1, -0.05) is 6.07 Å². The first-order valence-corrected chi connectivity index (χ1v) is 6.46. The summed E-state index contributed by atoms with van der Waals surface area (Å²) < 4.78 is 14.3. The van der Waals surface area contributed by atoms with Crippen molar-refractivity contribution < 1.29 is 9.18 Å². The average Bonchev–Trinajstić information content (AvgIpc) is 2.37. The third-order valence-corrected chi connectivity index (χ3v) is 3.55. The van der Waals surface area contributed by atoms with Crippen LogP contribution >= 0.6 is 15.9 Å². The summed E-state index contributed by atoms with van der Waals surface area (Å²) in [6, 6.07) is 6.12. The number of halogens is 2. The number of rotatable bonds is 2. The van der Waals surface area contributed by atoms with Crippen LogP contribution in [0.4, 0.5) is 10.2 Å². The van der Waals surface area contributed by atoms with E-state index >= 15 is 0 Å². The highest BCUT2D eigenvalue weighted by Gasteiger charge is 2.09. The molecule has 1 aromatic carbocycles. The van der Waals surface area contributed by atoms with Crippen molar-refractivity contribution >= 4 is 27.7 Å². The monoisotopic (exact) mass is 322 g/mol. The molecule has 98 valence electrons. The summed E-state index contributed by atoms with van der Waals surface area (Å²) in [5.74, 6) is -0.340. The molecule has 0 aliphatic heterocycles. The Morgan fingerprint density at radius 3 is 2.63 bits per heavy atom. The minimum absolute atomic E-state index is 0.269. The molecule has 1 amide bonds. The molecule has 0 atom stereocenters. The van der Waals surface area contributed by atoms with Crippen LogP contribution in [0.25, 0.3) is 0 Å². The number of benzene rings is 1. The Labute approximate surface area is 119 Å². The smallest absolute Gasteiger partial charge is 0.256 e. The van der Waals surface area contributed by atoms with Crippen molar-refractivity contribution in [2.45, 2.75) is 13.8 Å². The highest BCUT2D eigenvalue weighted by Crippen LogP contribution is 2.18. The van der Waals surface area contributed by atoms with E-state index < -0.39 is 5.82 Å². The van der Waals surface area contributed by atoms with Gasteiger partial charge in [0.05, 0.1) is 0 Å². The van der Waals surface area contributed by atoms with Crippen LogP contribution in [0.3, 0.4) is 0 Å². The third kappa shape index (κ3) is 3.17. The summed E-state index contributed by atoms with van der Waals surface area (Å²) in [7, 11) is 0. The standard InChI is InChI=1S/C14H12BrFN2O/c1-8-3-4-10(6-12(8)16)14(19)18-13-5-9(2)11(15)7-17-13/h3-7H,1-2H3,(H,17,18,19). The summed E-state index contributed by atoms with van der Waals surface area (Å²) in [6.07, 6.45) is 1.61. The van der Waals surface area contributed by atoms with E-state index in [4.69, 9.17) is 0 Å². The number of carbonyl (C=O) groups is 1. The van der Waals surface area contributed by atoms with Crippen molar-refractivity contribution in [3.63, 3.8) is 0 Å². The molecule has 0 radical (unpaired) electrons. The molecule has 3 nitrogen and oxygen atoms in total. The van der Waals surface area contributed by atoms with E-state index in [1.54, 1.807) is 31.3 Å². The van der Waals surface area contributed by atoms with Crippen LogP contribution < -0.4 is 5.32 Å². The topological polar surface area (TPSA) is 42.0 Å². The first-order valence-electron chi connectivity index (χ1n) is 5.67. The molecule has 2 rings (SSSR count).